The summed E-state index contributed by atoms with van der Waals surface area (Å²) >= 11 is 1.95. The fourth-order valence-corrected chi connectivity index (χ4v) is 3.30. The summed E-state index contributed by atoms with van der Waals surface area (Å²) in [4.78, 5) is 11.0. The average Bonchev–Trinajstić information content (AvgIpc) is 2.35. The van der Waals surface area contributed by atoms with Crippen LogP contribution in [-0.4, -0.2) is 17.3 Å². The maximum atomic E-state index is 11.0. The van der Waals surface area contributed by atoms with Gasteiger partial charge in [-0.1, -0.05) is 0 Å². The number of rotatable bonds is 0. The lowest BCUT2D eigenvalue weighted by Crippen LogP contribution is -2.11. The van der Waals surface area contributed by atoms with Crippen LogP contribution in [0.25, 0.3) is 0 Å². The predicted molar refractivity (Wildman–Crippen MR) is 38.5 cm³/mol. The van der Waals surface area contributed by atoms with Crippen LogP contribution in [0, 0.1) is 11.8 Å². The Balaban J connectivity index is 2.15. The molecule has 0 aromatic carbocycles. The summed E-state index contributed by atoms with van der Waals surface area (Å²) in [5.41, 5.74) is 0. The lowest BCUT2D eigenvalue weighted by molar-refractivity contribution is -0.120. The fourth-order valence-electron chi connectivity index (χ4n) is 1.75. The van der Waals surface area contributed by atoms with Crippen molar-refractivity contribution in [1.29, 1.82) is 0 Å². The SMILES string of the molecule is O=C1CCC2CSCC12. The van der Waals surface area contributed by atoms with E-state index >= 15 is 0 Å². The summed E-state index contributed by atoms with van der Waals surface area (Å²) in [6.45, 7) is 0. The van der Waals surface area contributed by atoms with Gasteiger partial charge < -0.3 is 0 Å². The molecule has 1 nitrogen and oxygen atoms in total. The second kappa shape index (κ2) is 2.01. The topological polar surface area (TPSA) is 17.1 Å². The second-order valence-electron chi connectivity index (χ2n) is 2.91. The van der Waals surface area contributed by atoms with Crippen LogP contribution in [0.4, 0.5) is 0 Å². The van der Waals surface area contributed by atoms with Crippen molar-refractivity contribution in [1.82, 2.24) is 0 Å². The molecule has 1 saturated carbocycles. The third kappa shape index (κ3) is 0.803. The number of Topliss-reactive ketones (excluding diaryl/α,β-unsaturated/α-hetero) is 1. The molecule has 1 saturated heterocycles. The Morgan fingerprint density at radius 2 is 2.33 bits per heavy atom. The van der Waals surface area contributed by atoms with Crippen molar-refractivity contribution in [3.63, 3.8) is 0 Å². The van der Waals surface area contributed by atoms with Crippen LogP contribution >= 0.6 is 11.8 Å². The zero-order valence-electron chi connectivity index (χ0n) is 5.30. The van der Waals surface area contributed by atoms with Gasteiger partial charge in [0.15, 0.2) is 0 Å². The van der Waals surface area contributed by atoms with Crippen LogP contribution in [0.2, 0.25) is 0 Å². The van der Waals surface area contributed by atoms with Gasteiger partial charge in [0.2, 0.25) is 0 Å². The van der Waals surface area contributed by atoms with Gasteiger partial charge in [0.1, 0.15) is 5.78 Å². The molecule has 1 aliphatic heterocycles. The molecule has 2 unspecified atom stereocenters. The highest BCUT2D eigenvalue weighted by molar-refractivity contribution is 7.99. The summed E-state index contributed by atoms with van der Waals surface area (Å²) < 4.78 is 0. The Bertz CT molecular complexity index is 144. The van der Waals surface area contributed by atoms with E-state index in [2.05, 4.69) is 0 Å². The fraction of sp³-hybridized carbons (Fsp3) is 0.857. The zero-order valence-corrected chi connectivity index (χ0v) is 6.12. The molecule has 2 heteroatoms. The highest BCUT2D eigenvalue weighted by atomic mass is 32.2. The largest absolute Gasteiger partial charge is 0.299 e. The van der Waals surface area contributed by atoms with Crippen LogP contribution in [0.3, 0.4) is 0 Å². The quantitative estimate of drug-likeness (QED) is 0.507. The summed E-state index contributed by atoms with van der Waals surface area (Å²) in [5.74, 6) is 4.13. The molecule has 2 aliphatic rings. The summed E-state index contributed by atoms with van der Waals surface area (Å²) in [5, 5.41) is 0. The van der Waals surface area contributed by atoms with E-state index in [1.165, 1.54) is 12.2 Å². The second-order valence-corrected chi connectivity index (χ2v) is 3.98. The van der Waals surface area contributed by atoms with E-state index in [1.54, 1.807) is 0 Å². The maximum absolute atomic E-state index is 11.0. The molecule has 0 amide bonds. The number of hydrogen-bond acceptors (Lipinski definition) is 2. The van der Waals surface area contributed by atoms with Crippen LogP contribution in [0.15, 0.2) is 0 Å². The molecular weight excluding hydrogens is 132 g/mol. The minimum Gasteiger partial charge on any atom is -0.299 e. The number of ketones is 1. The summed E-state index contributed by atoms with van der Waals surface area (Å²) in [7, 11) is 0. The van der Waals surface area contributed by atoms with Crippen LogP contribution in [0.5, 0.6) is 0 Å². The first kappa shape index (κ1) is 5.78. The van der Waals surface area contributed by atoms with Crippen molar-refractivity contribution < 1.29 is 4.79 Å². The Labute approximate surface area is 59.2 Å². The average molecular weight is 142 g/mol. The third-order valence-corrected chi connectivity index (χ3v) is 3.63. The Morgan fingerprint density at radius 3 is 3.11 bits per heavy atom. The van der Waals surface area contributed by atoms with Gasteiger partial charge in [0.05, 0.1) is 0 Å². The van der Waals surface area contributed by atoms with Gasteiger partial charge >= 0.3 is 0 Å². The molecule has 0 radical (unpaired) electrons. The molecule has 0 N–H and O–H groups in total. The predicted octanol–water partition coefficient (Wildman–Crippen LogP) is 1.33. The molecule has 0 spiro atoms. The van der Waals surface area contributed by atoms with Crippen molar-refractivity contribution >= 4 is 17.5 Å². The minimum absolute atomic E-state index is 0.468. The minimum atomic E-state index is 0.468. The number of thioether (sulfide) groups is 1. The molecule has 2 rings (SSSR count). The molecule has 2 atom stereocenters. The van der Waals surface area contributed by atoms with E-state index in [0.29, 0.717) is 11.7 Å². The van der Waals surface area contributed by atoms with Gasteiger partial charge in [-0.25, -0.2) is 0 Å². The van der Waals surface area contributed by atoms with Gasteiger partial charge in [0, 0.05) is 18.1 Å². The molecule has 9 heavy (non-hydrogen) atoms. The highest BCUT2D eigenvalue weighted by Crippen LogP contribution is 2.39. The number of hydrogen-bond donors (Lipinski definition) is 0. The molecule has 0 aromatic rings. The van der Waals surface area contributed by atoms with Gasteiger partial charge in [-0.05, 0) is 18.1 Å². The molecule has 2 fully saturated rings. The number of carbonyl (C=O) groups excluding carboxylic acids is 1. The van der Waals surface area contributed by atoms with Gasteiger partial charge in [-0.2, -0.15) is 11.8 Å². The Morgan fingerprint density at radius 1 is 1.44 bits per heavy atom. The first-order valence-corrected chi connectivity index (χ1v) is 4.64. The van der Waals surface area contributed by atoms with Crippen molar-refractivity contribution in [2.24, 2.45) is 11.8 Å². The standard InChI is InChI=1S/C7H10OS/c8-7-2-1-5-3-9-4-6(5)7/h5-6H,1-4H2. The first-order chi connectivity index (χ1) is 4.38. The van der Waals surface area contributed by atoms with Crippen molar-refractivity contribution in [2.75, 3.05) is 11.5 Å². The van der Waals surface area contributed by atoms with Gasteiger partial charge in [0.25, 0.3) is 0 Å². The monoisotopic (exact) mass is 142 g/mol. The van der Waals surface area contributed by atoms with E-state index in [4.69, 9.17) is 0 Å². The number of fused-ring (bicyclic) bond motifs is 1. The molecule has 0 bridgehead atoms. The molecule has 50 valence electrons. The third-order valence-electron chi connectivity index (χ3n) is 2.37. The van der Waals surface area contributed by atoms with E-state index in [9.17, 15) is 4.79 Å². The lowest BCUT2D eigenvalue weighted by Gasteiger charge is -2.01. The van der Waals surface area contributed by atoms with Gasteiger partial charge in [-0.15, -0.1) is 0 Å². The van der Waals surface area contributed by atoms with Crippen molar-refractivity contribution in [3.8, 4) is 0 Å². The van der Waals surface area contributed by atoms with Crippen molar-refractivity contribution in [2.45, 2.75) is 12.8 Å². The van der Waals surface area contributed by atoms with Crippen LogP contribution in [-0.2, 0) is 4.79 Å². The smallest absolute Gasteiger partial charge is 0.137 e. The molecule has 0 aromatic heterocycles. The highest BCUT2D eigenvalue weighted by Gasteiger charge is 2.38. The first-order valence-electron chi connectivity index (χ1n) is 3.48. The van der Waals surface area contributed by atoms with E-state index in [1.807, 2.05) is 11.8 Å². The lowest BCUT2D eigenvalue weighted by atomic mass is 10.0. The number of carbonyl (C=O) groups is 1. The van der Waals surface area contributed by atoms with Crippen molar-refractivity contribution in [3.05, 3.63) is 0 Å². The zero-order chi connectivity index (χ0) is 6.27. The van der Waals surface area contributed by atoms with E-state index < -0.39 is 0 Å². The Hall–Kier alpha value is 0.0200. The maximum Gasteiger partial charge on any atom is 0.137 e. The molecule has 1 heterocycles. The Kier molecular flexibility index (Phi) is 1.29. The van der Waals surface area contributed by atoms with Crippen LogP contribution < -0.4 is 0 Å². The van der Waals surface area contributed by atoms with Gasteiger partial charge in [-0.3, -0.25) is 4.79 Å². The molecule has 1 aliphatic carbocycles. The summed E-state index contributed by atoms with van der Waals surface area (Å²) in [6, 6.07) is 0. The molecular formula is C7H10OS. The van der Waals surface area contributed by atoms with Crippen LogP contribution in [0.1, 0.15) is 12.8 Å². The van der Waals surface area contributed by atoms with E-state index in [-0.39, 0.29) is 0 Å². The normalized spacial score (nSPS) is 41.6. The van der Waals surface area contributed by atoms with E-state index in [0.717, 1.165) is 18.1 Å². The summed E-state index contributed by atoms with van der Waals surface area (Å²) in [6.07, 6.45) is 2.05.